The molecule has 4 rings (SSSR count). The van der Waals surface area contributed by atoms with Crippen molar-refractivity contribution in [2.24, 2.45) is 0 Å². The Morgan fingerprint density at radius 3 is 2.63 bits per heavy atom. The summed E-state index contributed by atoms with van der Waals surface area (Å²) in [5.74, 6) is -0.399. The minimum atomic E-state index is -0.678. The van der Waals surface area contributed by atoms with Crippen molar-refractivity contribution in [3.63, 3.8) is 0 Å². The van der Waals surface area contributed by atoms with Gasteiger partial charge in [-0.1, -0.05) is 18.2 Å². The smallest absolute Gasteiger partial charge is 0.323 e. The molecule has 4 aromatic rings. The predicted molar refractivity (Wildman–Crippen MR) is 111 cm³/mol. The van der Waals surface area contributed by atoms with Crippen LogP contribution in [-0.2, 0) is 0 Å². The molecule has 2 aromatic heterocycles. The Hall–Kier alpha value is -4.45. The van der Waals surface area contributed by atoms with Crippen LogP contribution in [-0.4, -0.2) is 20.6 Å². The lowest BCUT2D eigenvalue weighted by Crippen LogP contribution is -2.20. The summed E-state index contributed by atoms with van der Waals surface area (Å²) in [4.78, 5) is 12.2. The van der Waals surface area contributed by atoms with Crippen LogP contribution in [0.2, 0.25) is 0 Å². The number of halogens is 1. The van der Waals surface area contributed by atoms with Gasteiger partial charge >= 0.3 is 6.03 Å². The summed E-state index contributed by atoms with van der Waals surface area (Å²) in [6.07, 6.45) is 0. The van der Waals surface area contributed by atoms with Crippen LogP contribution in [0.15, 0.2) is 54.6 Å². The first-order chi connectivity index (χ1) is 14.5. The number of urea groups is 1. The van der Waals surface area contributed by atoms with E-state index in [0.717, 1.165) is 17.3 Å². The van der Waals surface area contributed by atoms with Gasteiger partial charge in [-0.2, -0.15) is 5.26 Å². The molecular formula is C21H16FN7O. The van der Waals surface area contributed by atoms with Gasteiger partial charge in [0, 0.05) is 5.69 Å². The van der Waals surface area contributed by atoms with Crippen molar-refractivity contribution in [2.45, 2.75) is 6.92 Å². The van der Waals surface area contributed by atoms with Crippen LogP contribution in [0.1, 0.15) is 11.1 Å². The zero-order valence-corrected chi connectivity index (χ0v) is 15.8. The fourth-order valence-electron chi connectivity index (χ4n) is 3.10. The van der Waals surface area contributed by atoms with Crippen molar-refractivity contribution in [3.05, 3.63) is 71.5 Å². The highest BCUT2D eigenvalue weighted by atomic mass is 19.1. The van der Waals surface area contributed by atoms with Gasteiger partial charge in [0.05, 0.1) is 23.0 Å². The van der Waals surface area contributed by atoms with Gasteiger partial charge in [0.15, 0.2) is 5.65 Å². The maximum absolute atomic E-state index is 14.1. The Balaban J connectivity index is 1.51. The lowest BCUT2D eigenvalue weighted by atomic mass is 10.1. The minimum Gasteiger partial charge on any atom is -0.368 e. The second-order valence-corrected chi connectivity index (χ2v) is 6.58. The van der Waals surface area contributed by atoms with Crippen LogP contribution in [0, 0.1) is 24.1 Å². The molecule has 0 bridgehead atoms. The number of nitrogens with one attached hydrogen (secondary N) is 2. The van der Waals surface area contributed by atoms with Crippen LogP contribution >= 0.6 is 0 Å². The number of nitrogen functional groups attached to an aromatic ring is 1. The van der Waals surface area contributed by atoms with Crippen LogP contribution < -0.4 is 16.4 Å². The molecule has 8 nitrogen and oxygen atoms in total. The third-order valence-electron chi connectivity index (χ3n) is 4.57. The minimum absolute atomic E-state index is 0.00428. The number of rotatable bonds is 3. The van der Waals surface area contributed by atoms with E-state index in [9.17, 15) is 9.18 Å². The second-order valence-electron chi connectivity index (χ2n) is 6.58. The van der Waals surface area contributed by atoms with Gasteiger partial charge in [0.25, 0.3) is 0 Å². The van der Waals surface area contributed by atoms with Crippen molar-refractivity contribution < 1.29 is 9.18 Å². The van der Waals surface area contributed by atoms with Crippen molar-refractivity contribution in [2.75, 3.05) is 16.4 Å². The van der Waals surface area contributed by atoms with Gasteiger partial charge in [-0.05, 0) is 54.4 Å². The van der Waals surface area contributed by atoms with Gasteiger partial charge in [-0.15, -0.1) is 10.2 Å². The topological polar surface area (TPSA) is 121 Å². The van der Waals surface area contributed by atoms with Crippen molar-refractivity contribution >= 4 is 29.0 Å². The number of nitrogens with zero attached hydrogens (tertiary/aromatic N) is 4. The number of carbonyl (C=O) groups is 1. The zero-order valence-electron chi connectivity index (χ0n) is 15.8. The van der Waals surface area contributed by atoms with Crippen molar-refractivity contribution in [1.29, 1.82) is 5.26 Å². The quantitative estimate of drug-likeness (QED) is 0.480. The number of aryl methyl sites for hydroxylation is 1. The molecule has 0 saturated carbocycles. The third-order valence-corrected chi connectivity index (χ3v) is 4.57. The molecule has 9 heteroatoms. The molecule has 0 aliphatic heterocycles. The standard InChI is InChI=1S/C21H16FN7O/c1-12-9-17(16(22)10-14(12)11-23)26-21(30)25-15-7-5-13(6-8-15)18-3-2-4-19-27-28-20(24)29(18)19/h2-10H,1H3,(H2,24,28)(H2,25,26,30). The number of nitrogens with two attached hydrogens (primary N) is 1. The average molecular weight is 401 g/mol. The Labute approximate surface area is 170 Å². The summed E-state index contributed by atoms with van der Waals surface area (Å²) in [5.41, 5.74) is 9.50. The summed E-state index contributed by atoms with van der Waals surface area (Å²) >= 11 is 0. The number of aromatic nitrogens is 3. The highest BCUT2D eigenvalue weighted by Gasteiger charge is 2.12. The molecule has 30 heavy (non-hydrogen) atoms. The van der Waals surface area contributed by atoms with E-state index in [4.69, 9.17) is 11.0 Å². The molecule has 0 atom stereocenters. The van der Waals surface area contributed by atoms with E-state index in [2.05, 4.69) is 20.8 Å². The summed E-state index contributed by atoms with van der Waals surface area (Å²) in [6, 6.07) is 16.4. The third kappa shape index (κ3) is 3.49. The molecule has 0 aliphatic carbocycles. The molecule has 0 fully saturated rings. The number of hydrogen-bond donors (Lipinski definition) is 3. The first kappa shape index (κ1) is 18.9. The van der Waals surface area contributed by atoms with Gasteiger partial charge < -0.3 is 16.4 Å². The molecule has 4 N–H and O–H groups in total. The maximum atomic E-state index is 14.1. The molecule has 0 radical (unpaired) electrons. The lowest BCUT2D eigenvalue weighted by molar-refractivity contribution is 0.262. The van der Waals surface area contributed by atoms with Crippen LogP contribution in [0.3, 0.4) is 0 Å². The SMILES string of the molecule is Cc1cc(NC(=O)Nc2ccc(-c3cccc4nnc(N)n34)cc2)c(F)cc1C#N. The molecule has 0 unspecified atom stereocenters. The highest BCUT2D eigenvalue weighted by molar-refractivity contribution is 6.00. The van der Waals surface area contributed by atoms with Crippen LogP contribution in [0.5, 0.6) is 0 Å². The molecule has 0 aliphatic rings. The molecule has 2 aromatic carbocycles. The summed E-state index contributed by atoms with van der Waals surface area (Å²) in [6.45, 7) is 1.67. The van der Waals surface area contributed by atoms with Crippen LogP contribution in [0.25, 0.3) is 16.9 Å². The number of anilines is 3. The lowest BCUT2D eigenvalue weighted by Gasteiger charge is -2.11. The van der Waals surface area contributed by atoms with E-state index in [1.165, 1.54) is 6.07 Å². The molecule has 2 heterocycles. The van der Waals surface area contributed by atoms with E-state index >= 15 is 0 Å². The molecule has 0 spiro atoms. The fourth-order valence-corrected chi connectivity index (χ4v) is 3.10. The molecule has 148 valence electrons. The van der Waals surface area contributed by atoms with E-state index in [1.54, 1.807) is 29.5 Å². The summed E-state index contributed by atoms with van der Waals surface area (Å²) < 4.78 is 15.8. The van der Waals surface area contributed by atoms with E-state index in [1.807, 2.05) is 30.3 Å². The number of pyridine rings is 1. The second kappa shape index (κ2) is 7.52. The fraction of sp³-hybridized carbons (Fsp3) is 0.0476. The zero-order chi connectivity index (χ0) is 21.3. The van der Waals surface area contributed by atoms with Gasteiger partial charge in [-0.25, -0.2) is 9.18 Å². The number of benzene rings is 2. The summed E-state index contributed by atoms with van der Waals surface area (Å²) in [7, 11) is 0. The molecule has 2 amide bonds. The monoisotopic (exact) mass is 401 g/mol. The first-order valence-corrected chi connectivity index (χ1v) is 8.94. The first-order valence-electron chi connectivity index (χ1n) is 8.94. The molecular weight excluding hydrogens is 385 g/mol. The van der Waals surface area contributed by atoms with E-state index in [0.29, 0.717) is 16.9 Å². The van der Waals surface area contributed by atoms with Gasteiger partial charge in [-0.3, -0.25) is 4.40 Å². The average Bonchev–Trinajstić information content (AvgIpc) is 3.12. The number of carbonyl (C=O) groups excluding carboxylic acids is 1. The van der Waals surface area contributed by atoms with Crippen molar-refractivity contribution in [1.82, 2.24) is 14.6 Å². The normalized spacial score (nSPS) is 10.6. The highest BCUT2D eigenvalue weighted by Crippen LogP contribution is 2.24. The maximum Gasteiger partial charge on any atom is 0.323 e. The van der Waals surface area contributed by atoms with E-state index in [-0.39, 0.29) is 17.2 Å². The van der Waals surface area contributed by atoms with Crippen molar-refractivity contribution in [3.8, 4) is 17.3 Å². The Bertz CT molecular complexity index is 1310. The number of hydrogen-bond acceptors (Lipinski definition) is 5. The largest absolute Gasteiger partial charge is 0.368 e. The number of fused-ring (bicyclic) bond motifs is 1. The Morgan fingerprint density at radius 1 is 1.13 bits per heavy atom. The van der Waals surface area contributed by atoms with E-state index < -0.39 is 11.8 Å². The number of nitriles is 1. The van der Waals surface area contributed by atoms with Gasteiger partial charge in [0.2, 0.25) is 5.95 Å². The molecule has 0 saturated heterocycles. The summed E-state index contributed by atoms with van der Waals surface area (Å²) in [5, 5.41) is 21.9. The number of amides is 2. The van der Waals surface area contributed by atoms with Gasteiger partial charge in [0.1, 0.15) is 5.82 Å². The Morgan fingerprint density at radius 2 is 1.90 bits per heavy atom. The van der Waals surface area contributed by atoms with Crippen LogP contribution in [0.4, 0.5) is 26.5 Å². The predicted octanol–water partition coefficient (Wildman–Crippen LogP) is 3.94. The Kier molecular flexibility index (Phi) is 4.74.